The average molecular weight is 282 g/mol. The van der Waals surface area contributed by atoms with Gasteiger partial charge >= 0.3 is 6.18 Å². The minimum atomic E-state index is -4.60. The van der Waals surface area contributed by atoms with Gasteiger partial charge in [-0.1, -0.05) is 25.4 Å². The van der Waals surface area contributed by atoms with E-state index < -0.39 is 12.0 Å². The third-order valence-electron chi connectivity index (χ3n) is 2.94. The van der Waals surface area contributed by atoms with Gasteiger partial charge in [0.25, 0.3) is 0 Å². The molecule has 7 heteroatoms. The van der Waals surface area contributed by atoms with Crippen LogP contribution in [-0.4, -0.2) is 15.5 Å². The van der Waals surface area contributed by atoms with Crippen LogP contribution in [0.1, 0.15) is 39.4 Å². The third kappa shape index (κ3) is 3.73. The van der Waals surface area contributed by atoms with Crippen LogP contribution >= 0.6 is 11.6 Å². The van der Waals surface area contributed by atoms with Gasteiger partial charge in [0, 0.05) is 11.6 Å². The van der Waals surface area contributed by atoms with Crippen molar-refractivity contribution in [3.8, 4) is 0 Å². The van der Waals surface area contributed by atoms with Crippen molar-refractivity contribution in [1.29, 1.82) is 0 Å². The molecule has 0 amide bonds. The second-order valence-electron chi connectivity index (χ2n) is 4.29. The van der Waals surface area contributed by atoms with Gasteiger partial charge in [-0.2, -0.15) is 13.2 Å². The number of nitrogens with one attached hydrogen (secondary N) is 1. The van der Waals surface area contributed by atoms with E-state index >= 15 is 0 Å². The van der Waals surface area contributed by atoms with Crippen LogP contribution in [0.4, 0.5) is 19.0 Å². The van der Waals surface area contributed by atoms with Crippen molar-refractivity contribution in [3.63, 3.8) is 0 Å². The van der Waals surface area contributed by atoms with Crippen LogP contribution < -0.4 is 5.32 Å². The quantitative estimate of drug-likeness (QED) is 0.843. The van der Waals surface area contributed by atoms with E-state index in [2.05, 4.69) is 15.3 Å². The molecule has 1 aromatic heterocycles. The Hall–Kier alpha value is -1.04. The average Bonchev–Trinajstić information content (AvgIpc) is 2.27. The number of rotatable bonds is 4. The summed E-state index contributed by atoms with van der Waals surface area (Å²) in [5.41, 5.74) is -0.319. The predicted octanol–water partition coefficient (Wildman–Crippen LogP) is 4.14. The summed E-state index contributed by atoms with van der Waals surface area (Å²) >= 11 is 5.58. The molecule has 3 nitrogen and oxygen atoms in total. The van der Waals surface area contributed by atoms with Crippen LogP contribution in [-0.2, 0) is 6.18 Å². The first kappa shape index (κ1) is 15.0. The zero-order chi connectivity index (χ0) is 14.0. The van der Waals surface area contributed by atoms with E-state index in [4.69, 9.17) is 11.6 Å². The van der Waals surface area contributed by atoms with Crippen molar-refractivity contribution < 1.29 is 13.2 Å². The highest BCUT2D eigenvalue weighted by Gasteiger charge is 2.35. The first-order chi connectivity index (χ1) is 8.20. The fourth-order valence-corrected chi connectivity index (χ4v) is 1.53. The summed E-state index contributed by atoms with van der Waals surface area (Å²) in [6.45, 7) is 5.81. The van der Waals surface area contributed by atoms with E-state index in [-0.39, 0.29) is 16.5 Å². The predicted molar refractivity (Wildman–Crippen MR) is 64.7 cm³/mol. The molecule has 0 unspecified atom stereocenters. The summed E-state index contributed by atoms with van der Waals surface area (Å²) in [5, 5.41) is 2.75. The molecule has 0 aliphatic rings. The van der Waals surface area contributed by atoms with Gasteiger partial charge in [-0.15, -0.1) is 0 Å². The lowest BCUT2D eigenvalue weighted by atomic mass is 9.96. The summed E-state index contributed by atoms with van der Waals surface area (Å²) in [4.78, 5) is 6.63. The molecular formula is C11H15ClF3N3. The molecule has 0 saturated carbocycles. The molecule has 0 saturated heterocycles. The van der Waals surface area contributed by atoms with Gasteiger partial charge in [0.1, 0.15) is 11.0 Å². The second kappa shape index (κ2) is 5.30. The van der Waals surface area contributed by atoms with Gasteiger partial charge in [0.15, 0.2) is 0 Å². The number of nitrogens with zero attached hydrogens (tertiary/aromatic N) is 2. The zero-order valence-electron chi connectivity index (χ0n) is 10.4. The number of alkyl halides is 3. The van der Waals surface area contributed by atoms with Gasteiger partial charge < -0.3 is 5.32 Å². The normalized spacial score (nSPS) is 12.6. The highest BCUT2D eigenvalue weighted by molar-refractivity contribution is 6.29. The Morgan fingerprint density at radius 1 is 1.22 bits per heavy atom. The van der Waals surface area contributed by atoms with Crippen molar-refractivity contribution in [2.45, 2.75) is 45.3 Å². The van der Waals surface area contributed by atoms with E-state index in [9.17, 15) is 13.2 Å². The van der Waals surface area contributed by atoms with Crippen LogP contribution in [0.25, 0.3) is 0 Å². The fraction of sp³-hybridized carbons (Fsp3) is 0.636. The van der Waals surface area contributed by atoms with Crippen molar-refractivity contribution in [2.75, 3.05) is 5.32 Å². The van der Waals surface area contributed by atoms with Gasteiger partial charge in [-0.25, -0.2) is 9.97 Å². The van der Waals surface area contributed by atoms with E-state index in [1.54, 1.807) is 0 Å². The van der Waals surface area contributed by atoms with Gasteiger partial charge in [0.2, 0.25) is 5.82 Å². The highest BCUT2D eigenvalue weighted by Crippen LogP contribution is 2.29. The lowest BCUT2D eigenvalue weighted by molar-refractivity contribution is -0.144. The Morgan fingerprint density at radius 3 is 2.22 bits per heavy atom. The SMILES string of the molecule is CCC(C)(CC)Nc1cc(Cl)nc(C(F)(F)F)n1. The minimum Gasteiger partial charge on any atom is -0.365 e. The zero-order valence-corrected chi connectivity index (χ0v) is 11.2. The number of halogens is 4. The van der Waals surface area contributed by atoms with Crippen LogP contribution in [0.3, 0.4) is 0 Å². The maximum atomic E-state index is 12.5. The molecule has 1 aromatic rings. The molecule has 0 spiro atoms. The first-order valence-electron chi connectivity index (χ1n) is 5.60. The maximum absolute atomic E-state index is 12.5. The molecule has 18 heavy (non-hydrogen) atoms. The van der Waals surface area contributed by atoms with Gasteiger partial charge in [0.05, 0.1) is 0 Å². The van der Waals surface area contributed by atoms with Crippen LogP contribution in [0.5, 0.6) is 0 Å². The molecule has 0 aliphatic carbocycles. The Bertz CT molecular complexity index is 416. The maximum Gasteiger partial charge on any atom is 0.451 e. The van der Waals surface area contributed by atoms with Crippen molar-refractivity contribution >= 4 is 17.4 Å². The van der Waals surface area contributed by atoms with Crippen LogP contribution in [0.2, 0.25) is 5.15 Å². The number of hydrogen-bond acceptors (Lipinski definition) is 3. The molecule has 1 N–H and O–H groups in total. The van der Waals surface area contributed by atoms with E-state index in [0.29, 0.717) is 0 Å². The molecule has 1 heterocycles. The van der Waals surface area contributed by atoms with Crippen LogP contribution in [0, 0.1) is 0 Å². The van der Waals surface area contributed by atoms with Crippen LogP contribution in [0.15, 0.2) is 6.07 Å². The van der Waals surface area contributed by atoms with E-state index in [1.807, 2.05) is 20.8 Å². The number of hydrogen-bond donors (Lipinski definition) is 1. The van der Waals surface area contributed by atoms with E-state index in [1.165, 1.54) is 6.07 Å². The number of aromatic nitrogens is 2. The first-order valence-corrected chi connectivity index (χ1v) is 5.98. The Morgan fingerprint density at radius 2 is 1.78 bits per heavy atom. The van der Waals surface area contributed by atoms with E-state index in [0.717, 1.165) is 12.8 Å². The lowest BCUT2D eigenvalue weighted by Crippen LogP contribution is -2.33. The standard InChI is InChI=1S/C11H15ClF3N3/c1-4-10(3,5-2)18-8-6-7(12)16-9(17-8)11(13,14)15/h6H,4-5H2,1-3H3,(H,16,17,18). The largest absolute Gasteiger partial charge is 0.451 e. The molecule has 0 bridgehead atoms. The topological polar surface area (TPSA) is 37.8 Å². The summed E-state index contributed by atoms with van der Waals surface area (Å²) in [5.74, 6) is -1.14. The highest BCUT2D eigenvalue weighted by atomic mass is 35.5. The van der Waals surface area contributed by atoms with Crippen molar-refractivity contribution in [2.24, 2.45) is 0 Å². The molecule has 102 valence electrons. The van der Waals surface area contributed by atoms with Gasteiger partial charge in [-0.05, 0) is 19.8 Å². The summed E-state index contributed by atoms with van der Waals surface area (Å²) in [6, 6.07) is 1.29. The Balaban J connectivity index is 3.08. The third-order valence-corrected chi connectivity index (χ3v) is 3.13. The Kier molecular flexibility index (Phi) is 4.42. The molecule has 0 atom stereocenters. The lowest BCUT2D eigenvalue weighted by Gasteiger charge is -2.29. The molecule has 0 fully saturated rings. The molecule has 0 aliphatic heterocycles. The van der Waals surface area contributed by atoms with Crippen molar-refractivity contribution in [1.82, 2.24) is 9.97 Å². The molecule has 0 aromatic carbocycles. The van der Waals surface area contributed by atoms with Gasteiger partial charge in [-0.3, -0.25) is 0 Å². The molecule has 1 rings (SSSR count). The van der Waals surface area contributed by atoms with Crippen molar-refractivity contribution in [3.05, 3.63) is 17.0 Å². The summed E-state index contributed by atoms with van der Waals surface area (Å²) < 4.78 is 37.6. The minimum absolute atomic E-state index is 0.0912. The summed E-state index contributed by atoms with van der Waals surface area (Å²) in [6.07, 6.45) is -3.09. The molecule has 0 radical (unpaired) electrons. The molecular weight excluding hydrogens is 267 g/mol. The number of anilines is 1. The summed E-state index contributed by atoms with van der Waals surface area (Å²) in [7, 11) is 0. The smallest absolute Gasteiger partial charge is 0.365 e. The second-order valence-corrected chi connectivity index (χ2v) is 4.68. The fourth-order valence-electron chi connectivity index (χ4n) is 1.34. The Labute approximate surface area is 109 Å². The monoisotopic (exact) mass is 281 g/mol.